The second-order valence-electron chi connectivity index (χ2n) is 3.43. The van der Waals surface area contributed by atoms with E-state index in [-0.39, 0.29) is 18.3 Å². The van der Waals surface area contributed by atoms with Crippen molar-refractivity contribution in [3.8, 4) is 0 Å². The van der Waals surface area contributed by atoms with Gasteiger partial charge in [0.2, 0.25) is 5.91 Å². The molecule has 2 N–H and O–H groups in total. The van der Waals surface area contributed by atoms with Crippen molar-refractivity contribution in [2.75, 3.05) is 19.6 Å². The molecule has 0 aliphatic rings. The Morgan fingerprint density at radius 3 is 2.82 bits per heavy atom. The third-order valence-corrected chi connectivity index (χ3v) is 3.44. The average molecular weight is 297 g/mol. The van der Waals surface area contributed by atoms with E-state index in [4.69, 9.17) is 11.6 Å². The lowest BCUT2D eigenvalue weighted by Gasteiger charge is -2.04. The normalized spacial score (nSPS) is 9.76. The number of hydrogen-bond donors (Lipinski definition) is 2. The van der Waals surface area contributed by atoms with Crippen molar-refractivity contribution in [2.24, 2.45) is 0 Å². The number of amides is 1. The van der Waals surface area contributed by atoms with Gasteiger partial charge in [-0.25, -0.2) is 0 Å². The molecule has 1 aromatic heterocycles. The summed E-state index contributed by atoms with van der Waals surface area (Å²) in [7, 11) is 0. The molecule has 17 heavy (non-hydrogen) atoms. The van der Waals surface area contributed by atoms with E-state index in [1.54, 1.807) is 11.3 Å². The SMILES string of the molecule is CCNCCNC(=O)CCc1cc(Cl)cs1.Cl. The zero-order valence-corrected chi connectivity index (χ0v) is 12.2. The van der Waals surface area contributed by atoms with Gasteiger partial charge in [-0.1, -0.05) is 18.5 Å². The van der Waals surface area contributed by atoms with Gasteiger partial charge in [-0.15, -0.1) is 23.7 Å². The standard InChI is InChI=1S/C11H17ClN2OS.ClH/c1-2-13-5-6-14-11(15)4-3-10-7-9(12)8-16-10;/h7-8,13H,2-6H2,1H3,(H,14,15);1H. The number of likely N-dealkylation sites (N-methyl/N-ethyl adjacent to an activating group) is 1. The van der Waals surface area contributed by atoms with E-state index in [9.17, 15) is 4.79 Å². The van der Waals surface area contributed by atoms with Gasteiger partial charge in [0.15, 0.2) is 0 Å². The first kappa shape index (κ1) is 16.7. The molecule has 0 aliphatic carbocycles. The summed E-state index contributed by atoms with van der Waals surface area (Å²) < 4.78 is 0. The maximum atomic E-state index is 11.4. The van der Waals surface area contributed by atoms with Crippen LogP contribution in [-0.4, -0.2) is 25.5 Å². The zero-order chi connectivity index (χ0) is 11.8. The minimum absolute atomic E-state index is 0. The highest BCUT2D eigenvalue weighted by Gasteiger charge is 2.03. The van der Waals surface area contributed by atoms with Crippen LogP contribution in [0.3, 0.4) is 0 Å². The molecule has 0 saturated carbocycles. The van der Waals surface area contributed by atoms with Crippen LogP contribution < -0.4 is 10.6 Å². The molecule has 0 saturated heterocycles. The van der Waals surface area contributed by atoms with Gasteiger partial charge in [0.1, 0.15) is 0 Å². The molecular formula is C11H18Cl2N2OS. The summed E-state index contributed by atoms with van der Waals surface area (Å²) in [6.45, 7) is 4.50. The highest BCUT2D eigenvalue weighted by Crippen LogP contribution is 2.20. The van der Waals surface area contributed by atoms with Crippen LogP contribution in [0.5, 0.6) is 0 Å². The number of nitrogens with one attached hydrogen (secondary N) is 2. The van der Waals surface area contributed by atoms with Crippen LogP contribution in [0.2, 0.25) is 5.02 Å². The van der Waals surface area contributed by atoms with Crippen molar-refractivity contribution in [1.29, 1.82) is 0 Å². The fourth-order valence-electron chi connectivity index (χ4n) is 1.28. The summed E-state index contributed by atoms with van der Waals surface area (Å²) in [5, 5.41) is 8.66. The second-order valence-corrected chi connectivity index (χ2v) is 4.87. The van der Waals surface area contributed by atoms with E-state index < -0.39 is 0 Å². The quantitative estimate of drug-likeness (QED) is 0.759. The fourth-order valence-corrected chi connectivity index (χ4v) is 2.35. The van der Waals surface area contributed by atoms with Gasteiger partial charge in [-0.05, 0) is 19.0 Å². The summed E-state index contributed by atoms with van der Waals surface area (Å²) >= 11 is 7.39. The van der Waals surface area contributed by atoms with Gasteiger partial charge in [-0.3, -0.25) is 4.79 Å². The predicted octanol–water partition coefficient (Wildman–Crippen LogP) is 2.48. The molecule has 6 heteroatoms. The Bertz CT molecular complexity index is 331. The van der Waals surface area contributed by atoms with Crippen LogP contribution in [0.4, 0.5) is 0 Å². The number of carbonyl (C=O) groups excluding carboxylic acids is 1. The van der Waals surface area contributed by atoms with Crippen molar-refractivity contribution in [3.05, 3.63) is 21.3 Å². The first-order valence-electron chi connectivity index (χ1n) is 5.42. The molecule has 0 bridgehead atoms. The van der Waals surface area contributed by atoms with Crippen molar-refractivity contribution in [3.63, 3.8) is 0 Å². The largest absolute Gasteiger partial charge is 0.355 e. The molecule has 1 rings (SSSR count). The highest BCUT2D eigenvalue weighted by molar-refractivity contribution is 7.10. The number of thiophene rings is 1. The maximum absolute atomic E-state index is 11.4. The lowest BCUT2D eigenvalue weighted by atomic mass is 10.2. The topological polar surface area (TPSA) is 41.1 Å². The van der Waals surface area contributed by atoms with Crippen molar-refractivity contribution < 1.29 is 4.79 Å². The number of carbonyl (C=O) groups is 1. The molecule has 3 nitrogen and oxygen atoms in total. The fraction of sp³-hybridized carbons (Fsp3) is 0.545. The zero-order valence-electron chi connectivity index (χ0n) is 9.79. The van der Waals surface area contributed by atoms with Crippen molar-refractivity contribution in [2.45, 2.75) is 19.8 Å². The lowest BCUT2D eigenvalue weighted by molar-refractivity contribution is -0.121. The molecule has 98 valence electrons. The van der Waals surface area contributed by atoms with E-state index in [1.165, 1.54) is 0 Å². The maximum Gasteiger partial charge on any atom is 0.220 e. The smallest absolute Gasteiger partial charge is 0.220 e. The molecular weight excluding hydrogens is 279 g/mol. The number of aryl methyl sites for hydroxylation is 1. The van der Waals surface area contributed by atoms with Crippen LogP contribution in [0.15, 0.2) is 11.4 Å². The lowest BCUT2D eigenvalue weighted by Crippen LogP contribution is -2.31. The minimum Gasteiger partial charge on any atom is -0.355 e. The Morgan fingerprint density at radius 2 is 2.24 bits per heavy atom. The van der Waals surface area contributed by atoms with E-state index >= 15 is 0 Å². The summed E-state index contributed by atoms with van der Waals surface area (Å²) in [6.07, 6.45) is 1.30. The van der Waals surface area contributed by atoms with E-state index in [0.717, 1.165) is 29.4 Å². The molecule has 1 aromatic rings. The van der Waals surface area contributed by atoms with Crippen LogP contribution in [-0.2, 0) is 11.2 Å². The third kappa shape index (κ3) is 7.60. The molecule has 1 amide bonds. The van der Waals surface area contributed by atoms with Crippen LogP contribution in [0, 0.1) is 0 Å². The summed E-state index contributed by atoms with van der Waals surface area (Å²) in [6, 6.07) is 1.91. The molecule has 0 spiro atoms. The Morgan fingerprint density at radius 1 is 1.47 bits per heavy atom. The molecule has 0 radical (unpaired) electrons. The van der Waals surface area contributed by atoms with Crippen molar-refractivity contribution >= 4 is 41.3 Å². The first-order valence-corrected chi connectivity index (χ1v) is 6.68. The Kier molecular flexibility index (Phi) is 9.55. The molecule has 0 atom stereocenters. The van der Waals surface area contributed by atoms with Crippen LogP contribution in [0.25, 0.3) is 0 Å². The predicted molar refractivity (Wildman–Crippen MR) is 76.5 cm³/mol. The molecule has 0 aromatic carbocycles. The van der Waals surface area contributed by atoms with E-state index in [0.29, 0.717) is 13.0 Å². The first-order chi connectivity index (χ1) is 7.72. The number of halogens is 2. The van der Waals surface area contributed by atoms with Gasteiger partial charge in [0, 0.05) is 29.8 Å². The average Bonchev–Trinajstić information content (AvgIpc) is 2.68. The van der Waals surface area contributed by atoms with Gasteiger partial charge >= 0.3 is 0 Å². The van der Waals surface area contributed by atoms with Gasteiger partial charge in [-0.2, -0.15) is 0 Å². The Hall–Kier alpha value is -0.290. The van der Waals surface area contributed by atoms with Crippen LogP contribution in [0.1, 0.15) is 18.2 Å². The van der Waals surface area contributed by atoms with Crippen LogP contribution >= 0.6 is 35.3 Å². The molecule has 0 aliphatic heterocycles. The summed E-state index contributed by atoms with van der Waals surface area (Å²) in [5.41, 5.74) is 0. The summed E-state index contributed by atoms with van der Waals surface area (Å²) in [4.78, 5) is 12.6. The molecule has 0 fully saturated rings. The van der Waals surface area contributed by atoms with E-state index in [2.05, 4.69) is 10.6 Å². The highest BCUT2D eigenvalue weighted by atomic mass is 35.5. The monoisotopic (exact) mass is 296 g/mol. The Labute approximate surface area is 117 Å². The Balaban J connectivity index is 0.00000256. The van der Waals surface area contributed by atoms with Crippen molar-refractivity contribution in [1.82, 2.24) is 10.6 Å². The number of hydrogen-bond acceptors (Lipinski definition) is 3. The van der Waals surface area contributed by atoms with Gasteiger partial charge in [0.05, 0.1) is 5.02 Å². The third-order valence-electron chi connectivity index (χ3n) is 2.09. The minimum atomic E-state index is 0. The van der Waals surface area contributed by atoms with Gasteiger partial charge < -0.3 is 10.6 Å². The van der Waals surface area contributed by atoms with Gasteiger partial charge in [0.25, 0.3) is 0 Å². The summed E-state index contributed by atoms with van der Waals surface area (Å²) in [5.74, 6) is 0.0995. The second kappa shape index (κ2) is 9.71. The molecule has 0 unspecified atom stereocenters. The van der Waals surface area contributed by atoms with E-state index in [1.807, 2.05) is 18.4 Å². The molecule has 1 heterocycles. The number of rotatable bonds is 7.